The van der Waals surface area contributed by atoms with Crippen LogP contribution in [-0.2, 0) is 16.1 Å². The van der Waals surface area contributed by atoms with Gasteiger partial charge < -0.3 is 20.3 Å². The van der Waals surface area contributed by atoms with Crippen LogP contribution in [0.3, 0.4) is 0 Å². The average molecular weight is 319 g/mol. The van der Waals surface area contributed by atoms with Crippen LogP contribution in [0.1, 0.15) is 18.4 Å². The molecule has 0 bridgehead atoms. The zero-order valence-corrected chi connectivity index (χ0v) is 13.8. The van der Waals surface area contributed by atoms with Crippen LogP contribution >= 0.6 is 0 Å². The Balaban J connectivity index is 1.82. The minimum atomic E-state index is -0.0893. The molecule has 6 nitrogen and oxygen atoms in total. The number of nitrogens with zero attached hydrogens (tertiary/aromatic N) is 1. The maximum Gasteiger partial charge on any atom is 0.259 e. The van der Waals surface area contributed by atoms with Crippen molar-refractivity contribution >= 4 is 11.8 Å². The summed E-state index contributed by atoms with van der Waals surface area (Å²) < 4.78 is 5.48. The van der Waals surface area contributed by atoms with Crippen LogP contribution in [0.5, 0.6) is 5.75 Å². The number of amides is 2. The van der Waals surface area contributed by atoms with Crippen molar-refractivity contribution in [2.75, 3.05) is 33.8 Å². The summed E-state index contributed by atoms with van der Waals surface area (Å²) in [5.74, 6) is 0.687. The van der Waals surface area contributed by atoms with Gasteiger partial charge in [0.1, 0.15) is 5.75 Å². The second kappa shape index (κ2) is 8.53. The Labute approximate surface area is 137 Å². The van der Waals surface area contributed by atoms with E-state index in [9.17, 15) is 9.59 Å². The largest absolute Gasteiger partial charge is 0.484 e. The number of hydrogen-bond acceptors (Lipinski definition) is 4. The molecular weight excluding hydrogens is 294 g/mol. The molecule has 0 aliphatic carbocycles. The van der Waals surface area contributed by atoms with Crippen molar-refractivity contribution in [3.05, 3.63) is 29.8 Å². The third-order valence-corrected chi connectivity index (χ3v) is 3.89. The molecule has 1 atom stereocenters. The number of benzene rings is 1. The number of rotatable bonds is 6. The molecule has 1 aromatic carbocycles. The highest BCUT2D eigenvalue weighted by Crippen LogP contribution is 2.14. The Bertz CT molecular complexity index is 540. The summed E-state index contributed by atoms with van der Waals surface area (Å²) in [5, 5.41) is 6.21. The van der Waals surface area contributed by atoms with Crippen LogP contribution in [0.4, 0.5) is 0 Å². The van der Waals surface area contributed by atoms with Gasteiger partial charge in [-0.3, -0.25) is 9.59 Å². The van der Waals surface area contributed by atoms with Crippen LogP contribution in [0.2, 0.25) is 0 Å². The highest BCUT2D eigenvalue weighted by molar-refractivity contribution is 5.79. The van der Waals surface area contributed by atoms with E-state index in [1.165, 1.54) is 4.90 Å². The lowest BCUT2D eigenvalue weighted by molar-refractivity contribution is -0.130. The van der Waals surface area contributed by atoms with Crippen molar-refractivity contribution in [2.24, 2.45) is 5.92 Å². The maximum absolute atomic E-state index is 12.1. The van der Waals surface area contributed by atoms with Crippen LogP contribution in [0.15, 0.2) is 24.3 Å². The van der Waals surface area contributed by atoms with Gasteiger partial charge in [0.25, 0.3) is 5.91 Å². The molecule has 1 saturated heterocycles. The number of nitrogens with one attached hydrogen (secondary N) is 2. The van der Waals surface area contributed by atoms with Gasteiger partial charge in [-0.1, -0.05) is 12.1 Å². The third kappa shape index (κ3) is 5.56. The predicted molar refractivity (Wildman–Crippen MR) is 88.1 cm³/mol. The zero-order chi connectivity index (χ0) is 16.7. The van der Waals surface area contributed by atoms with Crippen LogP contribution in [0.25, 0.3) is 0 Å². The molecule has 1 aliphatic heterocycles. The van der Waals surface area contributed by atoms with Gasteiger partial charge in [-0.2, -0.15) is 0 Å². The highest BCUT2D eigenvalue weighted by atomic mass is 16.5. The smallest absolute Gasteiger partial charge is 0.259 e. The lowest BCUT2D eigenvalue weighted by Crippen LogP contribution is -2.40. The molecule has 2 rings (SSSR count). The zero-order valence-electron chi connectivity index (χ0n) is 13.8. The Morgan fingerprint density at radius 2 is 2.22 bits per heavy atom. The maximum atomic E-state index is 12.1. The van der Waals surface area contributed by atoms with Gasteiger partial charge in [0.15, 0.2) is 6.61 Å². The monoisotopic (exact) mass is 319 g/mol. The van der Waals surface area contributed by atoms with Gasteiger partial charge in [0, 0.05) is 27.2 Å². The molecule has 0 spiro atoms. The van der Waals surface area contributed by atoms with Crippen molar-refractivity contribution < 1.29 is 14.3 Å². The predicted octanol–water partition coefficient (Wildman–Crippen LogP) is 0.769. The summed E-state index contributed by atoms with van der Waals surface area (Å²) in [7, 11) is 3.38. The molecule has 2 N–H and O–H groups in total. The van der Waals surface area contributed by atoms with E-state index in [1.54, 1.807) is 20.2 Å². The standard InChI is InChI=1S/C17H25N3O3/c1-20(2)16(21)12-23-15-7-3-5-13(9-15)10-19-17(22)14-6-4-8-18-11-14/h3,5,7,9,14,18H,4,6,8,10-12H2,1-2H3,(H,19,22). The summed E-state index contributed by atoms with van der Waals surface area (Å²) in [5.41, 5.74) is 0.955. The fourth-order valence-corrected chi connectivity index (χ4v) is 2.43. The lowest BCUT2D eigenvalue weighted by Gasteiger charge is -2.21. The molecule has 0 saturated carbocycles. The fraction of sp³-hybridized carbons (Fsp3) is 0.529. The summed E-state index contributed by atoms with van der Waals surface area (Å²) in [6.07, 6.45) is 1.98. The summed E-state index contributed by atoms with van der Waals surface area (Å²) in [6, 6.07) is 7.45. The van der Waals surface area contributed by atoms with E-state index < -0.39 is 0 Å². The molecule has 6 heteroatoms. The molecule has 23 heavy (non-hydrogen) atoms. The van der Waals surface area contributed by atoms with E-state index in [1.807, 2.05) is 18.2 Å². The Hall–Kier alpha value is -2.08. The molecule has 2 amide bonds. The molecule has 1 aromatic rings. The number of piperidine rings is 1. The van der Waals surface area contributed by atoms with E-state index in [2.05, 4.69) is 10.6 Å². The first-order chi connectivity index (χ1) is 11.1. The Kier molecular flexibility index (Phi) is 6.40. The summed E-state index contributed by atoms with van der Waals surface area (Å²) in [4.78, 5) is 25.1. The van der Waals surface area contributed by atoms with Gasteiger partial charge in [-0.05, 0) is 37.1 Å². The molecule has 1 unspecified atom stereocenters. The normalized spacial score (nSPS) is 17.4. The Morgan fingerprint density at radius 1 is 1.39 bits per heavy atom. The van der Waals surface area contributed by atoms with Crippen molar-refractivity contribution in [1.82, 2.24) is 15.5 Å². The molecule has 0 radical (unpaired) electrons. The van der Waals surface area contributed by atoms with Crippen molar-refractivity contribution in [1.29, 1.82) is 0 Å². The lowest BCUT2D eigenvalue weighted by atomic mass is 9.99. The van der Waals surface area contributed by atoms with Gasteiger partial charge in [0.05, 0.1) is 5.92 Å². The summed E-state index contributed by atoms with van der Waals surface area (Å²) in [6.45, 7) is 2.22. The fourth-order valence-electron chi connectivity index (χ4n) is 2.43. The topological polar surface area (TPSA) is 70.7 Å². The summed E-state index contributed by atoms with van der Waals surface area (Å²) >= 11 is 0. The first-order valence-corrected chi connectivity index (χ1v) is 7.96. The first kappa shape index (κ1) is 17.3. The number of carbonyl (C=O) groups excluding carboxylic acids is 2. The highest BCUT2D eigenvalue weighted by Gasteiger charge is 2.20. The van der Waals surface area contributed by atoms with Crippen molar-refractivity contribution in [2.45, 2.75) is 19.4 Å². The minimum absolute atomic E-state index is 0.0105. The van der Waals surface area contributed by atoms with E-state index in [-0.39, 0.29) is 24.3 Å². The third-order valence-electron chi connectivity index (χ3n) is 3.89. The molecule has 126 valence electrons. The molecule has 1 heterocycles. The van der Waals surface area contributed by atoms with Crippen LogP contribution < -0.4 is 15.4 Å². The molecule has 1 fully saturated rings. The Morgan fingerprint density at radius 3 is 2.91 bits per heavy atom. The molecular formula is C17H25N3O3. The number of ether oxygens (including phenoxy) is 1. The number of likely N-dealkylation sites (N-methyl/N-ethyl adjacent to an activating group) is 1. The van der Waals surface area contributed by atoms with Gasteiger partial charge >= 0.3 is 0 Å². The van der Waals surface area contributed by atoms with Crippen LogP contribution in [0, 0.1) is 5.92 Å². The quantitative estimate of drug-likeness (QED) is 0.812. The second-order valence-corrected chi connectivity index (χ2v) is 5.99. The van der Waals surface area contributed by atoms with Gasteiger partial charge in [0.2, 0.25) is 5.91 Å². The van der Waals surface area contributed by atoms with Gasteiger partial charge in [-0.25, -0.2) is 0 Å². The second-order valence-electron chi connectivity index (χ2n) is 5.99. The van der Waals surface area contributed by atoms with Gasteiger partial charge in [-0.15, -0.1) is 0 Å². The first-order valence-electron chi connectivity index (χ1n) is 7.96. The number of carbonyl (C=O) groups is 2. The average Bonchev–Trinajstić information content (AvgIpc) is 2.58. The molecule has 1 aliphatic rings. The van der Waals surface area contributed by atoms with Crippen molar-refractivity contribution in [3.8, 4) is 5.75 Å². The number of hydrogen-bond donors (Lipinski definition) is 2. The molecule has 0 aromatic heterocycles. The van der Waals surface area contributed by atoms with E-state index in [4.69, 9.17) is 4.74 Å². The van der Waals surface area contributed by atoms with E-state index >= 15 is 0 Å². The van der Waals surface area contributed by atoms with E-state index in [0.717, 1.165) is 31.5 Å². The van der Waals surface area contributed by atoms with E-state index in [0.29, 0.717) is 12.3 Å². The SMILES string of the molecule is CN(C)C(=O)COc1cccc(CNC(=O)C2CCCNC2)c1. The minimum Gasteiger partial charge on any atom is -0.484 e. The van der Waals surface area contributed by atoms with Crippen LogP contribution in [-0.4, -0.2) is 50.5 Å². The van der Waals surface area contributed by atoms with Crippen molar-refractivity contribution in [3.63, 3.8) is 0 Å².